The van der Waals surface area contributed by atoms with Crippen molar-refractivity contribution in [1.29, 1.82) is 0 Å². The number of hydrogen-bond acceptors (Lipinski definition) is 2. The standard InChI is InChI=1S/C9H10N2O/c1-7(12)8-4-2-3-5-9(8)11-6-10/h2-6H,1H3,(H2,10,11). The average Bonchev–Trinajstić information content (AvgIpc) is 2.05. The lowest BCUT2D eigenvalue weighted by molar-refractivity contribution is 0.101. The van der Waals surface area contributed by atoms with Crippen LogP contribution in [0.1, 0.15) is 17.3 Å². The van der Waals surface area contributed by atoms with Crippen LogP contribution in [0.25, 0.3) is 0 Å². The number of para-hydroxylation sites is 1. The van der Waals surface area contributed by atoms with Crippen molar-refractivity contribution in [3.05, 3.63) is 29.8 Å². The zero-order valence-corrected chi connectivity index (χ0v) is 6.82. The first kappa shape index (κ1) is 8.46. The lowest BCUT2D eigenvalue weighted by Gasteiger charge is -1.98. The molecule has 0 spiro atoms. The average molecular weight is 162 g/mol. The van der Waals surface area contributed by atoms with E-state index in [2.05, 4.69) is 4.99 Å². The van der Waals surface area contributed by atoms with E-state index in [0.29, 0.717) is 11.3 Å². The highest BCUT2D eigenvalue weighted by Gasteiger charge is 2.03. The van der Waals surface area contributed by atoms with Gasteiger partial charge in [-0.25, -0.2) is 4.99 Å². The van der Waals surface area contributed by atoms with Gasteiger partial charge in [0.15, 0.2) is 5.78 Å². The molecule has 0 bridgehead atoms. The summed E-state index contributed by atoms with van der Waals surface area (Å²) in [6.07, 6.45) is 1.18. The fourth-order valence-electron chi connectivity index (χ4n) is 0.964. The van der Waals surface area contributed by atoms with Gasteiger partial charge >= 0.3 is 0 Å². The van der Waals surface area contributed by atoms with E-state index in [1.165, 1.54) is 13.3 Å². The minimum absolute atomic E-state index is 0.00352. The van der Waals surface area contributed by atoms with E-state index in [-0.39, 0.29) is 5.78 Å². The van der Waals surface area contributed by atoms with E-state index < -0.39 is 0 Å². The van der Waals surface area contributed by atoms with Crippen molar-refractivity contribution in [3.63, 3.8) is 0 Å². The summed E-state index contributed by atoms with van der Waals surface area (Å²) in [5.74, 6) is -0.00352. The summed E-state index contributed by atoms with van der Waals surface area (Å²) in [6.45, 7) is 1.50. The van der Waals surface area contributed by atoms with E-state index in [1.54, 1.807) is 18.2 Å². The summed E-state index contributed by atoms with van der Waals surface area (Å²) < 4.78 is 0. The number of benzene rings is 1. The van der Waals surface area contributed by atoms with Crippen LogP contribution in [0.3, 0.4) is 0 Å². The molecule has 0 aliphatic rings. The summed E-state index contributed by atoms with van der Waals surface area (Å²) in [4.78, 5) is 14.9. The Labute approximate surface area is 70.9 Å². The maximum Gasteiger partial charge on any atom is 0.161 e. The zero-order chi connectivity index (χ0) is 8.97. The number of Topliss-reactive ketones (excluding diaryl/α,β-unsaturated/α-hetero) is 1. The Morgan fingerprint density at radius 3 is 2.75 bits per heavy atom. The summed E-state index contributed by atoms with van der Waals surface area (Å²) >= 11 is 0. The molecule has 0 saturated heterocycles. The van der Waals surface area contributed by atoms with Gasteiger partial charge in [-0.05, 0) is 19.1 Å². The lowest BCUT2D eigenvalue weighted by atomic mass is 10.1. The summed E-state index contributed by atoms with van der Waals surface area (Å²) in [5.41, 5.74) is 6.34. The lowest BCUT2D eigenvalue weighted by Crippen LogP contribution is -1.93. The number of hydrogen-bond donors (Lipinski definition) is 1. The van der Waals surface area contributed by atoms with Gasteiger partial charge in [0.2, 0.25) is 0 Å². The van der Waals surface area contributed by atoms with Crippen molar-refractivity contribution in [3.8, 4) is 0 Å². The smallest absolute Gasteiger partial charge is 0.161 e. The fraction of sp³-hybridized carbons (Fsp3) is 0.111. The van der Waals surface area contributed by atoms with Crippen molar-refractivity contribution in [1.82, 2.24) is 0 Å². The van der Waals surface area contributed by atoms with Crippen LogP contribution in [-0.4, -0.2) is 12.1 Å². The van der Waals surface area contributed by atoms with Gasteiger partial charge in [-0.1, -0.05) is 12.1 Å². The number of nitrogens with zero attached hydrogens (tertiary/aromatic N) is 1. The molecule has 0 heterocycles. The normalized spacial score (nSPS) is 10.4. The second-order valence-corrected chi connectivity index (χ2v) is 2.35. The van der Waals surface area contributed by atoms with Gasteiger partial charge in [0.05, 0.1) is 12.0 Å². The minimum Gasteiger partial charge on any atom is -0.390 e. The van der Waals surface area contributed by atoms with Crippen LogP contribution in [-0.2, 0) is 0 Å². The highest BCUT2D eigenvalue weighted by Crippen LogP contribution is 2.17. The number of carbonyl (C=O) groups excluding carboxylic acids is 1. The Balaban J connectivity index is 3.17. The number of ketones is 1. The number of nitrogens with two attached hydrogens (primary N) is 1. The van der Waals surface area contributed by atoms with E-state index in [1.807, 2.05) is 6.07 Å². The SMILES string of the molecule is CC(=O)c1ccccc1N=CN. The molecule has 1 aromatic carbocycles. The van der Waals surface area contributed by atoms with Crippen LogP contribution in [0.2, 0.25) is 0 Å². The molecule has 1 rings (SSSR count). The topological polar surface area (TPSA) is 55.5 Å². The predicted octanol–water partition coefficient (Wildman–Crippen LogP) is 1.51. The summed E-state index contributed by atoms with van der Waals surface area (Å²) in [6, 6.07) is 7.09. The van der Waals surface area contributed by atoms with Gasteiger partial charge in [0.1, 0.15) is 0 Å². The first-order valence-corrected chi connectivity index (χ1v) is 3.60. The molecule has 0 unspecified atom stereocenters. The third kappa shape index (κ3) is 1.69. The number of carbonyl (C=O) groups is 1. The fourth-order valence-corrected chi connectivity index (χ4v) is 0.964. The Kier molecular flexibility index (Phi) is 2.58. The van der Waals surface area contributed by atoms with E-state index >= 15 is 0 Å². The Hall–Kier alpha value is -1.64. The third-order valence-corrected chi connectivity index (χ3v) is 1.50. The molecular weight excluding hydrogens is 152 g/mol. The molecule has 12 heavy (non-hydrogen) atoms. The molecule has 0 amide bonds. The van der Waals surface area contributed by atoms with Crippen LogP contribution in [0, 0.1) is 0 Å². The van der Waals surface area contributed by atoms with Gasteiger partial charge in [0, 0.05) is 5.56 Å². The first-order valence-electron chi connectivity index (χ1n) is 3.60. The Morgan fingerprint density at radius 2 is 2.17 bits per heavy atom. The van der Waals surface area contributed by atoms with E-state index in [0.717, 1.165) is 0 Å². The van der Waals surface area contributed by atoms with Crippen molar-refractivity contribution in [2.45, 2.75) is 6.92 Å². The van der Waals surface area contributed by atoms with Gasteiger partial charge in [-0.3, -0.25) is 4.79 Å². The molecule has 0 aliphatic heterocycles. The van der Waals surface area contributed by atoms with Crippen LogP contribution in [0.5, 0.6) is 0 Å². The molecule has 3 nitrogen and oxygen atoms in total. The van der Waals surface area contributed by atoms with Gasteiger partial charge in [-0.2, -0.15) is 0 Å². The monoisotopic (exact) mass is 162 g/mol. The molecule has 0 aromatic heterocycles. The molecule has 62 valence electrons. The predicted molar refractivity (Wildman–Crippen MR) is 48.8 cm³/mol. The maximum atomic E-state index is 11.0. The molecule has 0 fully saturated rings. The third-order valence-electron chi connectivity index (χ3n) is 1.50. The summed E-state index contributed by atoms with van der Waals surface area (Å²) in [5, 5.41) is 0. The van der Waals surface area contributed by atoms with Crippen LogP contribution < -0.4 is 5.73 Å². The molecule has 0 saturated carbocycles. The van der Waals surface area contributed by atoms with Gasteiger partial charge in [-0.15, -0.1) is 0 Å². The zero-order valence-electron chi connectivity index (χ0n) is 6.82. The van der Waals surface area contributed by atoms with Crippen LogP contribution in [0.4, 0.5) is 5.69 Å². The second kappa shape index (κ2) is 3.67. The molecule has 0 atom stereocenters. The van der Waals surface area contributed by atoms with Gasteiger partial charge in [0.25, 0.3) is 0 Å². The van der Waals surface area contributed by atoms with Crippen LogP contribution in [0.15, 0.2) is 29.3 Å². The summed E-state index contributed by atoms with van der Waals surface area (Å²) in [7, 11) is 0. The van der Waals surface area contributed by atoms with E-state index in [4.69, 9.17) is 5.73 Å². The van der Waals surface area contributed by atoms with Crippen molar-refractivity contribution >= 4 is 17.8 Å². The van der Waals surface area contributed by atoms with Crippen molar-refractivity contribution in [2.75, 3.05) is 0 Å². The maximum absolute atomic E-state index is 11.0. The molecule has 2 N–H and O–H groups in total. The molecule has 3 heteroatoms. The second-order valence-electron chi connectivity index (χ2n) is 2.35. The van der Waals surface area contributed by atoms with Crippen LogP contribution >= 0.6 is 0 Å². The highest BCUT2D eigenvalue weighted by atomic mass is 16.1. The highest BCUT2D eigenvalue weighted by molar-refractivity contribution is 5.99. The van der Waals surface area contributed by atoms with Crippen molar-refractivity contribution in [2.24, 2.45) is 10.7 Å². The molecule has 0 aliphatic carbocycles. The van der Waals surface area contributed by atoms with Gasteiger partial charge < -0.3 is 5.73 Å². The first-order chi connectivity index (χ1) is 5.75. The molecular formula is C9H10N2O. The van der Waals surface area contributed by atoms with E-state index in [9.17, 15) is 4.79 Å². The Morgan fingerprint density at radius 1 is 1.50 bits per heavy atom. The number of aliphatic imine (C=N–C) groups is 1. The molecule has 1 aromatic rings. The number of rotatable bonds is 2. The largest absolute Gasteiger partial charge is 0.390 e. The minimum atomic E-state index is -0.00352. The molecule has 0 radical (unpaired) electrons. The van der Waals surface area contributed by atoms with Crippen molar-refractivity contribution < 1.29 is 4.79 Å². The Bertz CT molecular complexity index is 318. The quantitative estimate of drug-likeness (QED) is 0.407.